The number of amides is 1. The normalized spacial score (nSPS) is 10.0. The highest BCUT2D eigenvalue weighted by Gasteiger charge is 2.02. The Hall–Kier alpha value is -2.20. The second-order valence-corrected chi connectivity index (χ2v) is 6.25. The smallest absolute Gasteiger partial charge is 0.220 e. The van der Waals surface area contributed by atoms with Gasteiger partial charge in [0, 0.05) is 18.7 Å². The summed E-state index contributed by atoms with van der Waals surface area (Å²) < 4.78 is 5.15. The number of carbonyl (C=O) groups is 1. The maximum Gasteiger partial charge on any atom is 0.220 e. The number of ether oxygens (including phenoxy) is 1. The maximum absolute atomic E-state index is 11.8. The minimum absolute atomic E-state index is 0. The summed E-state index contributed by atoms with van der Waals surface area (Å²) in [6, 6.07) is 16.0. The first-order valence-corrected chi connectivity index (χ1v) is 8.91. The Morgan fingerprint density at radius 2 is 1.54 bits per heavy atom. The van der Waals surface area contributed by atoms with Crippen LogP contribution in [0.2, 0.25) is 0 Å². The zero-order valence-corrected chi connectivity index (χ0v) is 16.2. The molecule has 1 amide bonds. The van der Waals surface area contributed by atoms with Crippen molar-refractivity contribution in [1.82, 2.24) is 5.32 Å². The molecule has 0 heterocycles. The van der Waals surface area contributed by atoms with Crippen LogP contribution in [0, 0.1) is 0 Å². The number of methoxy groups -OCH3 is 1. The van der Waals surface area contributed by atoms with Crippen LogP contribution in [0.5, 0.6) is 5.75 Å². The van der Waals surface area contributed by atoms with Gasteiger partial charge in [0.25, 0.3) is 0 Å². The third kappa shape index (κ3) is 8.26. The van der Waals surface area contributed by atoms with Gasteiger partial charge in [0.2, 0.25) is 5.91 Å². The molecule has 2 rings (SSSR count). The molecule has 0 fully saturated rings. The van der Waals surface area contributed by atoms with E-state index in [0.717, 1.165) is 43.5 Å². The molecule has 0 aliphatic carbocycles. The number of nitrogens with two attached hydrogens (primary N) is 1. The van der Waals surface area contributed by atoms with E-state index in [0.29, 0.717) is 13.0 Å². The van der Waals surface area contributed by atoms with Gasteiger partial charge in [-0.2, -0.15) is 0 Å². The lowest BCUT2D eigenvalue weighted by Crippen LogP contribution is -2.25. The fourth-order valence-electron chi connectivity index (χ4n) is 2.70. The fourth-order valence-corrected chi connectivity index (χ4v) is 2.70. The van der Waals surface area contributed by atoms with E-state index in [1.807, 2.05) is 36.4 Å². The lowest BCUT2D eigenvalue weighted by Gasteiger charge is -2.06. The Kier molecular flexibility index (Phi) is 10.3. The third-order valence-corrected chi connectivity index (χ3v) is 4.24. The van der Waals surface area contributed by atoms with Gasteiger partial charge in [-0.15, -0.1) is 12.4 Å². The predicted octanol–water partition coefficient (Wildman–Crippen LogP) is 4.16. The van der Waals surface area contributed by atoms with E-state index in [9.17, 15) is 4.79 Å². The van der Waals surface area contributed by atoms with E-state index >= 15 is 0 Å². The minimum Gasteiger partial charge on any atom is -0.497 e. The minimum atomic E-state index is 0. The van der Waals surface area contributed by atoms with Crippen molar-refractivity contribution < 1.29 is 9.53 Å². The number of nitrogens with one attached hydrogen (secondary N) is 1. The first-order chi connectivity index (χ1) is 12.2. The van der Waals surface area contributed by atoms with Crippen LogP contribution < -0.4 is 15.8 Å². The van der Waals surface area contributed by atoms with Gasteiger partial charge in [-0.05, 0) is 61.1 Å². The highest BCUT2D eigenvalue weighted by atomic mass is 35.5. The Bertz CT molecular complexity index is 642. The molecule has 0 bridgehead atoms. The molecule has 0 spiro atoms. The van der Waals surface area contributed by atoms with Gasteiger partial charge in [-0.25, -0.2) is 0 Å². The number of benzene rings is 2. The summed E-state index contributed by atoms with van der Waals surface area (Å²) in [6.45, 7) is 0.675. The molecule has 0 unspecified atom stereocenters. The standard InChI is InChI=1S/C21H28N2O2.ClH/c1-25-20-13-9-17(10-14-20)5-3-2-4-6-21(24)23-16-15-18-7-11-19(22)12-8-18;/h7-14H,2-6,15-16,22H2,1H3,(H,23,24);1H. The van der Waals surface area contributed by atoms with Crippen LogP contribution in [-0.4, -0.2) is 19.6 Å². The highest BCUT2D eigenvalue weighted by Crippen LogP contribution is 2.14. The number of aryl methyl sites for hydroxylation is 1. The van der Waals surface area contributed by atoms with Crippen molar-refractivity contribution in [3.05, 3.63) is 59.7 Å². The van der Waals surface area contributed by atoms with Gasteiger partial charge in [-0.3, -0.25) is 4.79 Å². The molecule has 0 saturated carbocycles. The molecule has 0 radical (unpaired) electrons. The monoisotopic (exact) mass is 376 g/mol. The van der Waals surface area contributed by atoms with Crippen LogP contribution in [0.3, 0.4) is 0 Å². The quantitative estimate of drug-likeness (QED) is 0.483. The van der Waals surface area contributed by atoms with Crippen LogP contribution in [0.1, 0.15) is 36.8 Å². The Morgan fingerprint density at radius 1 is 0.923 bits per heavy atom. The number of carbonyl (C=O) groups excluding carboxylic acids is 1. The topological polar surface area (TPSA) is 64.3 Å². The number of nitrogen functional groups attached to an aromatic ring is 1. The molecule has 2 aromatic carbocycles. The number of unbranched alkanes of at least 4 members (excludes halogenated alkanes) is 2. The summed E-state index contributed by atoms with van der Waals surface area (Å²) in [7, 11) is 1.68. The van der Waals surface area contributed by atoms with Crippen LogP contribution in [0.15, 0.2) is 48.5 Å². The summed E-state index contributed by atoms with van der Waals surface area (Å²) in [4.78, 5) is 11.8. The Balaban J connectivity index is 0.00000338. The first kappa shape index (κ1) is 21.8. The van der Waals surface area contributed by atoms with Gasteiger partial charge in [0.05, 0.1) is 7.11 Å². The van der Waals surface area contributed by atoms with Crippen molar-refractivity contribution in [2.24, 2.45) is 0 Å². The molecule has 0 aromatic heterocycles. The van der Waals surface area contributed by atoms with Crippen LogP contribution in [0.25, 0.3) is 0 Å². The number of anilines is 1. The van der Waals surface area contributed by atoms with Crippen molar-refractivity contribution in [3.63, 3.8) is 0 Å². The van der Waals surface area contributed by atoms with E-state index in [1.165, 1.54) is 11.1 Å². The molecule has 0 aliphatic rings. The maximum atomic E-state index is 11.8. The SMILES string of the molecule is COc1ccc(CCCCCC(=O)NCCc2ccc(N)cc2)cc1.Cl. The van der Waals surface area contributed by atoms with Gasteiger partial charge < -0.3 is 15.8 Å². The molecule has 3 N–H and O–H groups in total. The lowest BCUT2D eigenvalue weighted by atomic mass is 10.1. The summed E-state index contributed by atoms with van der Waals surface area (Å²) in [5, 5.41) is 2.98. The van der Waals surface area contributed by atoms with E-state index in [4.69, 9.17) is 10.5 Å². The average molecular weight is 377 g/mol. The molecule has 4 nitrogen and oxygen atoms in total. The second-order valence-electron chi connectivity index (χ2n) is 6.25. The number of hydrogen-bond acceptors (Lipinski definition) is 3. The predicted molar refractivity (Wildman–Crippen MR) is 110 cm³/mol. The van der Waals surface area contributed by atoms with Crippen molar-refractivity contribution in [3.8, 4) is 5.75 Å². The Morgan fingerprint density at radius 3 is 2.19 bits per heavy atom. The molecule has 0 aliphatic heterocycles. The molecule has 5 heteroatoms. The first-order valence-electron chi connectivity index (χ1n) is 8.91. The molecule has 142 valence electrons. The lowest BCUT2D eigenvalue weighted by molar-refractivity contribution is -0.121. The van der Waals surface area contributed by atoms with Gasteiger partial charge >= 0.3 is 0 Å². The van der Waals surface area contributed by atoms with Gasteiger partial charge in [0.1, 0.15) is 5.75 Å². The van der Waals surface area contributed by atoms with E-state index in [2.05, 4.69) is 17.4 Å². The summed E-state index contributed by atoms with van der Waals surface area (Å²) in [6.07, 6.45) is 5.59. The fraction of sp³-hybridized carbons (Fsp3) is 0.381. The van der Waals surface area contributed by atoms with Crippen molar-refractivity contribution in [2.75, 3.05) is 19.4 Å². The molecular formula is C21H29ClN2O2. The van der Waals surface area contributed by atoms with Crippen molar-refractivity contribution in [1.29, 1.82) is 0 Å². The number of halogens is 1. The van der Waals surface area contributed by atoms with Gasteiger partial charge in [0.15, 0.2) is 0 Å². The molecule has 26 heavy (non-hydrogen) atoms. The zero-order chi connectivity index (χ0) is 17.9. The van der Waals surface area contributed by atoms with E-state index < -0.39 is 0 Å². The Labute approximate surface area is 162 Å². The largest absolute Gasteiger partial charge is 0.497 e. The highest BCUT2D eigenvalue weighted by molar-refractivity contribution is 5.85. The van der Waals surface area contributed by atoms with Crippen LogP contribution in [-0.2, 0) is 17.6 Å². The summed E-state index contributed by atoms with van der Waals surface area (Å²) in [5.41, 5.74) is 8.93. The van der Waals surface area contributed by atoms with E-state index in [1.54, 1.807) is 7.11 Å². The third-order valence-electron chi connectivity index (χ3n) is 4.24. The van der Waals surface area contributed by atoms with Crippen LogP contribution in [0.4, 0.5) is 5.69 Å². The molecule has 0 atom stereocenters. The number of rotatable bonds is 10. The molecule has 2 aromatic rings. The second kappa shape index (κ2) is 12.2. The summed E-state index contributed by atoms with van der Waals surface area (Å²) >= 11 is 0. The molecular weight excluding hydrogens is 348 g/mol. The average Bonchev–Trinajstić information content (AvgIpc) is 2.63. The zero-order valence-electron chi connectivity index (χ0n) is 15.4. The van der Waals surface area contributed by atoms with Crippen molar-refractivity contribution in [2.45, 2.75) is 38.5 Å². The van der Waals surface area contributed by atoms with Crippen LogP contribution >= 0.6 is 12.4 Å². The van der Waals surface area contributed by atoms with Gasteiger partial charge in [-0.1, -0.05) is 30.7 Å². The molecule has 0 saturated heterocycles. The van der Waals surface area contributed by atoms with E-state index in [-0.39, 0.29) is 18.3 Å². The van der Waals surface area contributed by atoms with Crippen molar-refractivity contribution >= 4 is 24.0 Å². The number of hydrogen-bond donors (Lipinski definition) is 2. The summed E-state index contributed by atoms with van der Waals surface area (Å²) in [5.74, 6) is 1.03.